The topological polar surface area (TPSA) is 42.5 Å². The molecule has 0 heterocycles. The quantitative estimate of drug-likeness (QED) is 0.0812. The van der Waals surface area contributed by atoms with E-state index < -0.39 is 24.2 Å². The highest BCUT2D eigenvalue weighted by Gasteiger charge is 2.29. The summed E-state index contributed by atoms with van der Waals surface area (Å²) in [5.41, 5.74) is 11.5. The molecule has 4 nitrogen and oxygen atoms in total. The molecular weight excluding hydrogens is 654 g/mol. The third kappa shape index (κ3) is 7.19. The predicted octanol–water partition coefficient (Wildman–Crippen LogP) is 12.8. The van der Waals surface area contributed by atoms with Gasteiger partial charge >= 0.3 is 24.2 Å². The van der Waals surface area contributed by atoms with Crippen molar-refractivity contribution in [2.75, 3.05) is 11.0 Å². The molecule has 6 aromatic carbocycles. The van der Waals surface area contributed by atoms with E-state index in [1.807, 2.05) is 121 Å². The first-order chi connectivity index (χ1) is 24.3. The average molecular weight is 681 g/mol. The SMILES string of the molecule is FC(F)=C(F)ONc1ccc(-c2c(-c3ccccc3)c(-c3ccccc3)c(NOC(F)=C(F)F)c(-c3ccccc3)c2-c2ccccc2)cc1. The van der Waals surface area contributed by atoms with E-state index in [4.69, 9.17) is 4.84 Å². The summed E-state index contributed by atoms with van der Waals surface area (Å²) in [6.07, 6.45) is -5.25. The first-order valence-electron chi connectivity index (χ1n) is 15.2. The van der Waals surface area contributed by atoms with Gasteiger partial charge in [-0.05, 0) is 45.5 Å². The van der Waals surface area contributed by atoms with Crippen molar-refractivity contribution in [3.05, 3.63) is 170 Å². The number of nitrogens with one attached hydrogen (secondary N) is 2. The molecule has 0 atom stereocenters. The largest absolute Gasteiger partial charge is 0.365 e. The molecule has 6 rings (SSSR count). The second kappa shape index (κ2) is 15.2. The van der Waals surface area contributed by atoms with Gasteiger partial charge in [-0.25, -0.2) is 11.0 Å². The maximum Gasteiger partial charge on any atom is 0.365 e. The fourth-order valence-electron chi connectivity index (χ4n) is 5.70. The second-order valence-electron chi connectivity index (χ2n) is 10.8. The Balaban J connectivity index is 1.78. The van der Waals surface area contributed by atoms with E-state index in [0.717, 1.165) is 11.1 Å². The van der Waals surface area contributed by atoms with Crippen LogP contribution in [0.2, 0.25) is 0 Å². The summed E-state index contributed by atoms with van der Waals surface area (Å²) in [5.74, 6) is 0. The second-order valence-corrected chi connectivity index (χ2v) is 10.8. The highest BCUT2D eigenvalue weighted by Crippen LogP contribution is 2.55. The van der Waals surface area contributed by atoms with Crippen LogP contribution in [0.5, 0.6) is 0 Å². The Labute approximate surface area is 283 Å². The highest BCUT2D eigenvalue weighted by molar-refractivity contribution is 6.14. The van der Waals surface area contributed by atoms with Crippen molar-refractivity contribution in [3.8, 4) is 55.6 Å². The Kier molecular flexibility index (Phi) is 10.2. The van der Waals surface area contributed by atoms with Crippen LogP contribution in [-0.2, 0) is 9.68 Å². The zero-order valence-electron chi connectivity index (χ0n) is 25.9. The van der Waals surface area contributed by atoms with Gasteiger partial charge in [0.25, 0.3) is 0 Å². The summed E-state index contributed by atoms with van der Waals surface area (Å²) in [6.45, 7) is 0. The van der Waals surface area contributed by atoms with Crippen LogP contribution in [0.3, 0.4) is 0 Å². The summed E-state index contributed by atoms with van der Waals surface area (Å²) in [6, 6.07) is 39.3. The molecule has 0 amide bonds. The zero-order valence-corrected chi connectivity index (χ0v) is 25.9. The minimum atomic E-state index is -2.63. The molecule has 6 aromatic rings. The molecular formula is C40H26F6N2O2. The maximum absolute atomic E-state index is 14.4. The van der Waals surface area contributed by atoms with Gasteiger partial charge in [0.2, 0.25) is 0 Å². The fraction of sp³-hybridized carbons (Fsp3) is 0. The monoisotopic (exact) mass is 680 g/mol. The van der Waals surface area contributed by atoms with Gasteiger partial charge in [-0.15, -0.1) is 0 Å². The number of rotatable bonds is 11. The minimum absolute atomic E-state index is 0.182. The predicted molar refractivity (Wildman–Crippen MR) is 184 cm³/mol. The molecule has 0 fully saturated rings. The average Bonchev–Trinajstić information content (AvgIpc) is 3.16. The van der Waals surface area contributed by atoms with Gasteiger partial charge < -0.3 is 9.68 Å². The van der Waals surface area contributed by atoms with Crippen molar-refractivity contribution in [3.63, 3.8) is 0 Å². The van der Waals surface area contributed by atoms with Gasteiger partial charge in [0.1, 0.15) is 0 Å². The van der Waals surface area contributed by atoms with Crippen LogP contribution in [0.1, 0.15) is 0 Å². The normalized spacial score (nSPS) is 10.6. The van der Waals surface area contributed by atoms with E-state index in [0.29, 0.717) is 44.5 Å². The van der Waals surface area contributed by atoms with Crippen molar-refractivity contribution >= 4 is 11.4 Å². The van der Waals surface area contributed by atoms with Crippen LogP contribution in [0.25, 0.3) is 55.6 Å². The van der Waals surface area contributed by atoms with E-state index in [9.17, 15) is 26.3 Å². The Morgan fingerprint density at radius 3 is 1.00 bits per heavy atom. The fourth-order valence-corrected chi connectivity index (χ4v) is 5.70. The summed E-state index contributed by atoms with van der Waals surface area (Å²) in [5, 5.41) is 0. The maximum atomic E-state index is 14.4. The van der Waals surface area contributed by atoms with Crippen LogP contribution < -0.4 is 11.0 Å². The van der Waals surface area contributed by atoms with E-state index >= 15 is 0 Å². The Bertz CT molecular complexity index is 2030. The number of benzene rings is 6. The Morgan fingerprint density at radius 2 is 0.640 bits per heavy atom. The molecule has 0 bridgehead atoms. The molecule has 0 saturated carbocycles. The lowest BCUT2D eigenvalue weighted by molar-refractivity contribution is 0.163. The standard InChI is InChI=1S/C40H26F6N2O2/c41-37(42)39(45)49-47-30-23-21-29(22-24-30)31-32(25-13-5-1-6-14-25)34(27-17-9-3-10-18-27)36(48-50-40(46)38(43)44)35(28-19-11-4-12-20-28)33(31)26-15-7-2-8-16-26/h1-24,47-48H. The van der Waals surface area contributed by atoms with Gasteiger partial charge in [-0.1, -0.05) is 133 Å². The van der Waals surface area contributed by atoms with Crippen molar-refractivity contribution < 1.29 is 36.0 Å². The third-order valence-electron chi connectivity index (χ3n) is 7.72. The van der Waals surface area contributed by atoms with Gasteiger partial charge in [-0.2, -0.15) is 26.3 Å². The molecule has 0 aliphatic rings. The molecule has 0 aromatic heterocycles. The van der Waals surface area contributed by atoms with E-state index in [1.54, 1.807) is 12.1 Å². The number of hydrogen-bond donors (Lipinski definition) is 2. The first kappa shape index (κ1) is 33.5. The molecule has 0 spiro atoms. The van der Waals surface area contributed by atoms with Crippen LogP contribution in [0.15, 0.2) is 170 Å². The molecule has 250 valence electrons. The van der Waals surface area contributed by atoms with Crippen molar-refractivity contribution in [2.24, 2.45) is 0 Å². The Morgan fingerprint density at radius 1 is 0.340 bits per heavy atom. The molecule has 0 saturated heterocycles. The number of anilines is 2. The lowest BCUT2D eigenvalue weighted by Crippen LogP contribution is -2.07. The van der Waals surface area contributed by atoms with Crippen LogP contribution in [0, 0.1) is 0 Å². The lowest BCUT2D eigenvalue weighted by Gasteiger charge is -2.28. The number of halogens is 6. The smallest absolute Gasteiger partial charge is 0.345 e. The summed E-state index contributed by atoms with van der Waals surface area (Å²) >= 11 is 0. The van der Waals surface area contributed by atoms with Gasteiger partial charge in [-0.3, -0.25) is 0 Å². The van der Waals surface area contributed by atoms with Gasteiger partial charge in [0, 0.05) is 22.3 Å². The molecule has 50 heavy (non-hydrogen) atoms. The number of hydrogen-bond acceptors (Lipinski definition) is 4. The Hall–Kier alpha value is -6.42. The van der Waals surface area contributed by atoms with E-state index in [-0.39, 0.29) is 11.4 Å². The molecule has 0 aliphatic carbocycles. The first-order valence-corrected chi connectivity index (χ1v) is 15.2. The lowest BCUT2D eigenvalue weighted by atomic mass is 9.77. The molecule has 0 radical (unpaired) electrons. The van der Waals surface area contributed by atoms with Crippen molar-refractivity contribution in [1.82, 2.24) is 0 Å². The molecule has 2 N–H and O–H groups in total. The van der Waals surface area contributed by atoms with E-state index in [1.165, 1.54) is 12.1 Å². The van der Waals surface area contributed by atoms with Gasteiger partial charge in [0.15, 0.2) is 0 Å². The third-order valence-corrected chi connectivity index (χ3v) is 7.72. The summed E-state index contributed by atoms with van der Waals surface area (Å²) in [7, 11) is 0. The van der Waals surface area contributed by atoms with Crippen molar-refractivity contribution in [1.29, 1.82) is 0 Å². The highest BCUT2D eigenvalue weighted by atomic mass is 19.3. The van der Waals surface area contributed by atoms with Crippen LogP contribution >= 0.6 is 0 Å². The van der Waals surface area contributed by atoms with Crippen LogP contribution in [-0.4, -0.2) is 0 Å². The molecule has 0 aliphatic heterocycles. The summed E-state index contributed by atoms with van der Waals surface area (Å²) in [4.78, 5) is 9.28. The van der Waals surface area contributed by atoms with Gasteiger partial charge in [0.05, 0.1) is 11.4 Å². The van der Waals surface area contributed by atoms with Crippen LogP contribution in [0.4, 0.5) is 37.7 Å². The molecule has 0 unspecified atom stereocenters. The summed E-state index contributed by atoms with van der Waals surface area (Å²) < 4.78 is 79.8. The van der Waals surface area contributed by atoms with E-state index in [2.05, 4.69) is 15.8 Å². The van der Waals surface area contributed by atoms with Crippen molar-refractivity contribution in [2.45, 2.75) is 0 Å². The zero-order chi connectivity index (χ0) is 35.0. The minimum Gasteiger partial charge on any atom is -0.345 e. The molecule has 10 heteroatoms.